The highest BCUT2D eigenvalue weighted by molar-refractivity contribution is 7.80. The van der Waals surface area contributed by atoms with Gasteiger partial charge in [0.1, 0.15) is 0 Å². The van der Waals surface area contributed by atoms with Crippen molar-refractivity contribution in [2.75, 3.05) is 45.8 Å². The summed E-state index contributed by atoms with van der Waals surface area (Å²) in [6.45, 7) is 2.85. The Morgan fingerprint density at radius 2 is 2.33 bits per heavy atom. The van der Waals surface area contributed by atoms with Crippen LogP contribution in [0.5, 0.6) is 0 Å². The van der Waals surface area contributed by atoms with E-state index in [0.717, 1.165) is 5.57 Å². The van der Waals surface area contributed by atoms with Gasteiger partial charge in [0.05, 0.1) is 19.8 Å². The van der Waals surface area contributed by atoms with Crippen LogP contribution in [0.1, 0.15) is 0 Å². The maximum absolute atomic E-state index is 11.7. The molecule has 1 aliphatic rings. The molecular formula is C10H17NO3S. The first-order valence-electron chi connectivity index (χ1n) is 4.95. The lowest BCUT2D eigenvalue weighted by atomic mass is 10.3. The summed E-state index contributed by atoms with van der Waals surface area (Å²) in [7, 11) is 1.63. The number of thiol groups is 1. The van der Waals surface area contributed by atoms with Crippen LogP contribution in [0, 0.1) is 0 Å². The van der Waals surface area contributed by atoms with Crippen molar-refractivity contribution < 1.29 is 14.3 Å². The lowest BCUT2D eigenvalue weighted by molar-refractivity contribution is -0.126. The second-order valence-electron chi connectivity index (χ2n) is 3.25. The molecule has 0 fully saturated rings. The number of hydrogen-bond acceptors (Lipinski definition) is 4. The Kier molecular flexibility index (Phi) is 5.75. The van der Waals surface area contributed by atoms with Crippen LogP contribution < -0.4 is 0 Å². The summed E-state index contributed by atoms with van der Waals surface area (Å²) in [5.41, 5.74) is 0.743. The van der Waals surface area contributed by atoms with E-state index in [9.17, 15) is 4.79 Å². The molecule has 1 aliphatic heterocycles. The van der Waals surface area contributed by atoms with Gasteiger partial charge in [0.25, 0.3) is 5.91 Å². The zero-order valence-electron chi connectivity index (χ0n) is 8.94. The largest absolute Gasteiger partial charge is 0.383 e. The molecule has 0 aromatic carbocycles. The lowest BCUT2D eigenvalue weighted by Crippen LogP contribution is -2.31. The minimum Gasteiger partial charge on any atom is -0.383 e. The highest BCUT2D eigenvalue weighted by atomic mass is 32.1. The van der Waals surface area contributed by atoms with Crippen LogP contribution in [0.3, 0.4) is 0 Å². The van der Waals surface area contributed by atoms with Crippen molar-refractivity contribution in [1.29, 1.82) is 0 Å². The van der Waals surface area contributed by atoms with Crippen molar-refractivity contribution in [3.63, 3.8) is 0 Å². The summed E-state index contributed by atoms with van der Waals surface area (Å²) in [4.78, 5) is 13.5. The molecule has 4 nitrogen and oxygen atoms in total. The van der Waals surface area contributed by atoms with Crippen LogP contribution in [-0.2, 0) is 14.3 Å². The Balaban J connectivity index is 2.27. The van der Waals surface area contributed by atoms with E-state index in [4.69, 9.17) is 9.47 Å². The quantitative estimate of drug-likeness (QED) is 0.507. The van der Waals surface area contributed by atoms with E-state index in [1.165, 1.54) is 0 Å². The molecule has 0 N–H and O–H groups in total. The number of methoxy groups -OCH3 is 1. The number of rotatable bonds is 7. The van der Waals surface area contributed by atoms with E-state index in [1.54, 1.807) is 12.0 Å². The monoisotopic (exact) mass is 231 g/mol. The first-order chi connectivity index (χ1) is 7.29. The summed E-state index contributed by atoms with van der Waals surface area (Å²) in [5, 5.41) is 0. The molecule has 1 amide bonds. The summed E-state index contributed by atoms with van der Waals surface area (Å²) in [6.07, 6.45) is 1.91. The summed E-state index contributed by atoms with van der Waals surface area (Å²) in [5.74, 6) is 0.737. The van der Waals surface area contributed by atoms with E-state index in [-0.39, 0.29) is 5.91 Å². The minimum absolute atomic E-state index is 0.0613. The number of carbonyl (C=O) groups is 1. The van der Waals surface area contributed by atoms with Crippen LogP contribution in [0.4, 0.5) is 0 Å². The Labute approximate surface area is 95.6 Å². The van der Waals surface area contributed by atoms with Gasteiger partial charge in [-0.25, -0.2) is 0 Å². The number of amides is 1. The molecule has 0 saturated carbocycles. The van der Waals surface area contributed by atoms with Gasteiger partial charge < -0.3 is 14.4 Å². The molecule has 0 aromatic heterocycles. The maximum Gasteiger partial charge on any atom is 0.252 e. The van der Waals surface area contributed by atoms with Crippen LogP contribution in [0.15, 0.2) is 11.6 Å². The second-order valence-corrected chi connectivity index (χ2v) is 3.70. The number of nitrogens with zero attached hydrogens (tertiary/aromatic N) is 1. The first kappa shape index (κ1) is 12.5. The van der Waals surface area contributed by atoms with E-state index in [2.05, 4.69) is 12.6 Å². The smallest absolute Gasteiger partial charge is 0.252 e. The van der Waals surface area contributed by atoms with Gasteiger partial charge in [0.2, 0.25) is 0 Å². The predicted molar refractivity (Wildman–Crippen MR) is 61.2 cm³/mol. The molecule has 0 aliphatic carbocycles. The highest BCUT2D eigenvalue weighted by Gasteiger charge is 2.22. The molecule has 15 heavy (non-hydrogen) atoms. The third-order valence-corrected chi connectivity index (χ3v) is 2.36. The molecule has 0 saturated heterocycles. The molecular weight excluding hydrogens is 214 g/mol. The van der Waals surface area contributed by atoms with Crippen LogP contribution in [-0.4, -0.2) is 56.6 Å². The Bertz CT molecular complexity index is 243. The minimum atomic E-state index is 0.0613. The molecule has 0 bridgehead atoms. The van der Waals surface area contributed by atoms with E-state index >= 15 is 0 Å². The van der Waals surface area contributed by atoms with Gasteiger partial charge >= 0.3 is 0 Å². The fourth-order valence-electron chi connectivity index (χ4n) is 1.36. The van der Waals surface area contributed by atoms with E-state index in [1.807, 2.05) is 6.08 Å². The molecule has 5 heteroatoms. The molecule has 0 atom stereocenters. The average Bonchev–Trinajstić information content (AvgIpc) is 2.58. The van der Waals surface area contributed by atoms with Gasteiger partial charge in [0.15, 0.2) is 0 Å². The summed E-state index contributed by atoms with van der Waals surface area (Å²) >= 11 is 4.03. The molecule has 0 unspecified atom stereocenters. The molecule has 1 heterocycles. The normalized spacial score (nSPS) is 16.0. The van der Waals surface area contributed by atoms with Gasteiger partial charge in [0, 0.05) is 31.5 Å². The Morgan fingerprint density at radius 3 is 3.00 bits per heavy atom. The van der Waals surface area contributed by atoms with E-state index < -0.39 is 0 Å². The number of carbonyl (C=O) groups excluding carboxylic acids is 1. The highest BCUT2D eigenvalue weighted by Crippen LogP contribution is 2.11. The van der Waals surface area contributed by atoms with Gasteiger partial charge in [-0.2, -0.15) is 12.6 Å². The fourth-order valence-corrected chi connectivity index (χ4v) is 1.48. The van der Waals surface area contributed by atoms with Crippen LogP contribution in [0.25, 0.3) is 0 Å². The first-order valence-corrected chi connectivity index (χ1v) is 5.58. The third kappa shape index (κ3) is 3.85. The summed E-state index contributed by atoms with van der Waals surface area (Å²) in [6, 6.07) is 0. The molecule has 0 aromatic rings. The zero-order chi connectivity index (χ0) is 11.1. The predicted octanol–water partition coefficient (Wildman–Crippen LogP) is 0.348. The Morgan fingerprint density at radius 1 is 1.53 bits per heavy atom. The number of ether oxygens (including phenoxy) is 2. The van der Waals surface area contributed by atoms with Gasteiger partial charge in [-0.05, 0) is 0 Å². The van der Waals surface area contributed by atoms with Crippen molar-refractivity contribution in [2.24, 2.45) is 0 Å². The molecule has 0 spiro atoms. The molecule has 0 radical (unpaired) electrons. The average molecular weight is 231 g/mol. The van der Waals surface area contributed by atoms with Gasteiger partial charge in [-0.3, -0.25) is 4.79 Å². The van der Waals surface area contributed by atoms with Crippen molar-refractivity contribution in [3.8, 4) is 0 Å². The van der Waals surface area contributed by atoms with Gasteiger partial charge in [-0.15, -0.1) is 0 Å². The van der Waals surface area contributed by atoms with Crippen molar-refractivity contribution in [2.45, 2.75) is 0 Å². The lowest BCUT2D eigenvalue weighted by Gasteiger charge is -2.15. The zero-order valence-corrected chi connectivity index (χ0v) is 9.83. The fraction of sp³-hybridized carbons (Fsp3) is 0.700. The molecule has 1 rings (SSSR count). The van der Waals surface area contributed by atoms with Crippen molar-refractivity contribution in [1.82, 2.24) is 4.90 Å². The molecule has 86 valence electrons. The second kappa shape index (κ2) is 6.87. The maximum atomic E-state index is 11.7. The number of hydrogen-bond donors (Lipinski definition) is 1. The topological polar surface area (TPSA) is 38.8 Å². The van der Waals surface area contributed by atoms with Crippen molar-refractivity contribution >= 4 is 18.5 Å². The standard InChI is InChI=1S/C10H17NO3S/c1-13-5-4-11-3-2-9(10(11)12)8-14-6-7-15/h2,15H,3-8H2,1H3. The van der Waals surface area contributed by atoms with Crippen LogP contribution in [0.2, 0.25) is 0 Å². The van der Waals surface area contributed by atoms with Crippen LogP contribution >= 0.6 is 12.6 Å². The van der Waals surface area contributed by atoms with E-state index in [0.29, 0.717) is 38.7 Å². The van der Waals surface area contributed by atoms with Gasteiger partial charge in [-0.1, -0.05) is 6.08 Å². The SMILES string of the molecule is COCCN1CC=C(COCCS)C1=O. The third-order valence-electron chi connectivity index (χ3n) is 2.18. The van der Waals surface area contributed by atoms with Crippen molar-refractivity contribution in [3.05, 3.63) is 11.6 Å². The summed E-state index contributed by atoms with van der Waals surface area (Å²) < 4.78 is 10.2. The Hall–Kier alpha value is -0.520.